The first-order valence-electron chi connectivity index (χ1n) is 7.86. The van der Waals surface area contributed by atoms with Gasteiger partial charge in [0.2, 0.25) is 0 Å². The van der Waals surface area contributed by atoms with Crippen LogP contribution in [-0.4, -0.2) is 19.9 Å². The summed E-state index contributed by atoms with van der Waals surface area (Å²) in [7, 11) is 0. The zero-order valence-electron chi connectivity index (χ0n) is 12.8. The van der Waals surface area contributed by atoms with E-state index in [1.807, 2.05) is 60.7 Å². The molecule has 0 radical (unpaired) electrons. The number of H-pyrrole nitrogens is 2. The second kappa shape index (κ2) is 5.06. The van der Waals surface area contributed by atoms with Gasteiger partial charge < -0.3 is 9.97 Å². The Bertz CT molecular complexity index is 1070. The van der Waals surface area contributed by atoms with Crippen LogP contribution >= 0.6 is 0 Å². The number of aromatic nitrogens is 4. The number of nitrogens with zero attached hydrogens (tertiary/aromatic N) is 2. The molecular formula is C20H14N4. The van der Waals surface area contributed by atoms with Crippen LogP contribution in [0.5, 0.6) is 0 Å². The molecule has 2 aliphatic heterocycles. The lowest BCUT2D eigenvalue weighted by Gasteiger charge is -1.88. The number of fused-ring (bicyclic) bond motifs is 11. The quantitative estimate of drug-likeness (QED) is 0.437. The minimum absolute atomic E-state index is 0.890. The highest BCUT2D eigenvalue weighted by Crippen LogP contribution is 2.22. The van der Waals surface area contributed by atoms with E-state index in [1.54, 1.807) is 0 Å². The van der Waals surface area contributed by atoms with Crippen LogP contribution in [-0.2, 0) is 0 Å². The van der Waals surface area contributed by atoms with Crippen LogP contribution in [0.3, 0.4) is 0 Å². The molecule has 5 heterocycles. The van der Waals surface area contributed by atoms with Crippen molar-refractivity contribution >= 4 is 46.4 Å². The van der Waals surface area contributed by atoms with Crippen LogP contribution < -0.4 is 0 Å². The molecule has 0 saturated heterocycles. The average Bonchev–Trinajstić information content (AvgIpc) is 3.37. The zero-order chi connectivity index (χ0) is 15.9. The number of rotatable bonds is 0. The fraction of sp³-hybridized carbons (Fsp3) is 0. The first kappa shape index (κ1) is 13.1. The third kappa shape index (κ3) is 2.16. The Labute approximate surface area is 138 Å². The Morgan fingerprint density at radius 1 is 0.500 bits per heavy atom. The molecule has 0 unspecified atom stereocenters. The van der Waals surface area contributed by atoms with Crippen molar-refractivity contribution in [3.05, 3.63) is 71.3 Å². The zero-order valence-corrected chi connectivity index (χ0v) is 12.8. The van der Waals surface area contributed by atoms with Crippen LogP contribution in [0, 0.1) is 0 Å². The maximum atomic E-state index is 4.71. The summed E-state index contributed by atoms with van der Waals surface area (Å²) >= 11 is 0. The van der Waals surface area contributed by atoms with Gasteiger partial charge in [-0.25, -0.2) is 9.97 Å². The molecule has 0 spiro atoms. The lowest BCUT2D eigenvalue weighted by Crippen LogP contribution is -1.83. The SMILES string of the molecule is C1=Cc2nc1c1nc(c3ccc(ccccc4ccc2[nH]4)[nH]3)C=C1. The van der Waals surface area contributed by atoms with Gasteiger partial charge in [0.25, 0.3) is 0 Å². The molecule has 114 valence electrons. The number of aromatic amines is 2. The highest BCUT2D eigenvalue weighted by Gasteiger charge is 2.09. The van der Waals surface area contributed by atoms with Crippen LogP contribution in [0.4, 0.5) is 0 Å². The normalized spacial score (nSPS) is 12.7. The molecule has 0 fully saturated rings. The topological polar surface area (TPSA) is 57.4 Å². The molecule has 5 rings (SSSR count). The van der Waals surface area contributed by atoms with Crippen LogP contribution in [0.15, 0.2) is 48.5 Å². The van der Waals surface area contributed by atoms with Gasteiger partial charge in [-0.2, -0.15) is 0 Å². The Morgan fingerprint density at radius 2 is 0.958 bits per heavy atom. The second-order valence-electron chi connectivity index (χ2n) is 5.80. The second-order valence-corrected chi connectivity index (χ2v) is 5.80. The van der Waals surface area contributed by atoms with Crippen molar-refractivity contribution in [3.63, 3.8) is 0 Å². The molecule has 0 aromatic carbocycles. The van der Waals surface area contributed by atoms with E-state index in [9.17, 15) is 0 Å². The van der Waals surface area contributed by atoms with Crippen LogP contribution in [0.25, 0.3) is 46.4 Å². The van der Waals surface area contributed by atoms with E-state index in [0.717, 1.165) is 44.8 Å². The fourth-order valence-electron chi connectivity index (χ4n) is 2.95. The summed E-state index contributed by atoms with van der Waals surface area (Å²) in [5, 5.41) is 0. The van der Waals surface area contributed by atoms with Gasteiger partial charge in [-0.3, -0.25) is 0 Å². The average molecular weight is 310 g/mol. The molecule has 4 heteroatoms. The van der Waals surface area contributed by atoms with Gasteiger partial charge in [0, 0.05) is 11.0 Å². The van der Waals surface area contributed by atoms with Crippen molar-refractivity contribution in [1.29, 1.82) is 0 Å². The van der Waals surface area contributed by atoms with Crippen LogP contribution in [0.1, 0.15) is 22.8 Å². The molecule has 4 nitrogen and oxygen atoms in total. The highest BCUT2D eigenvalue weighted by atomic mass is 14.8. The summed E-state index contributed by atoms with van der Waals surface area (Å²) in [6.45, 7) is 0. The van der Waals surface area contributed by atoms with E-state index >= 15 is 0 Å². The Kier molecular flexibility index (Phi) is 2.76. The summed E-state index contributed by atoms with van der Waals surface area (Å²) in [6, 6.07) is 16.3. The van der Waals surface area contributed by atoms with Crippen molar-refractivity contribution in [2.24, 2.45) is 0 Å². The van der Waals surface area contributed by atoms with Gasteiger partial charge >= 0.3 is 0 Å². The largest absolute Gasteiger partial charge is 0.354 e. The molecule has 0 amide bonds. The third-order valence-electron chi connectivity index (χ3n) is 4.17. The van der Waals surface area contributed by atoms with Gasteiger partial charge in [0.15, 0.2) is 0 Å². The monoisotopic (exact) mass is 310 g/mol. The van der Waals surface area contributed by atoms with Crippen molar-refractivity contribution in [2.75, 3.05) is 0 Å². The fourth-order valence-corrected chi connectivity index (χ4v) is 2.95. The predicted octanol–water partition coefficient (Wildman–Crippen LogP) is 4.66. The number of hydrogen-bond acceptors (Lipinski definition) is 2. The van der Waals surface area contributed by atoms with Crippen molar-refractivity contribution in [1.82, 2.24) is 19.9 Å². The minimum Gasteiger partial charge on any atom is -0.354 e. The molecular weight excluding hydrogens is 296 g/mol. The summed E-state index contributed by atoms with van der Waals surface area (Å²) in [4.78, 5) is 16.2. The number of nitrogens with one attached hydrogen (secondary N) is 2. The lowest BCUT2D eigenvalue weighted by atomic mass is 10.3. The summed E-state index contributed by atoms with van der Waals surface area (Å²) < 4.78 is 0. The molecule has 0 saturated carbocycles. The highest BCUT2D eigenvalue weighted by molar-refractivity contribution is 5.86. The molecule has 8 bridgehead atoms. The summed E-state index contributed by atoms with van der Waals surface area (Å²) in [5.41, 5.74) is 7.76. The van der Waals surface area contributed by atoms with Crippen molar-refractivity contribution in [2.45, 2.75) is 0 Å². The first-order valence-corrected chi connectivity index (χ1v) is 7.86. The molecule has 2 N–H and O–H groups in total. The van der Waals surface area contributed by atoms with Gasteiger partial charge in [-0.15, -0.1) is 0 Å². The van der Waals surface area contributed by atoms with Gasteiger partial charge in [-0.1, -0.05) is 12.1 Å². The lowest BCUT2D eigenvalue weighted by molar-refractivity contribution is 1.24. The minimum atomic E-state index is 0.890. The summed E-state index contributed by atoms with van der Waals surface area (Å²) in [5.74, 6) is 0. The van der Waals surface area contributed by atoms with E-state index < -0.39 is 0 Å². The van der Waals surface area contributed by atoms with Gasteiger partial charge in [0.05, 0.1) is 33.8 Å². The van der Waals surface area contributed by atoms with Crippen molar-refractivity contribution in [3.8, 4) is 0 Å². The summed E-state index contributed by atoms with van der Waals surface area (Å²) in [6.07, 6.45) is 8.07. The van der Waals surface area contributed by atoms with Gasteiger partial charge in [0.1, 0.15) is 0 Å². The Balaban J connectivity index is 1.88. The molecule has 3 aromatic heterocycles. The maximum Gasteiger partial charge on any atom is 0.0895 e. The third-order valence-corrected chi connectivity index (χ3v) is 4.17. The standard InChI is InChI=1S/C20H14N4/c1-2-4-14-6-8-16(22-14)18-10-12-20(24-18)19-11-9-17(23-19)15-7-5-13(3-1)21-15/h1-12,21-22H. The van der Waals surface area contributed by atoms with Gasteiger partial charge in [-0.05, 0) is 60.7 Å². The van der Waals surface area contributed by atoms with E-state index in [2.05, 4.69) is 22.1 Å². The smallest absolute Gasteiger partial charge is 0.0895 e. The predicted molar refractivity (Wildman–Crippen MR) is 98.9 cm³/mol. The van der Waals surface area contributed by atoms with Crippen LogP contribution in [0.2, 0.25) is 0 Å². The first-order chi connectivity index (χ1) is 11.8. The molecule has 24 heavy (non-hydrogen) atoms. The maximum absolute atomic E-state index is 4.71. The molecule has 0 atom stereocenters. The van der Waals surface area contributed by atoms with E-state index in [4.69, 9.17) is 9.97 Å². The van der Waals surface area contributed by atoms with E-state index in [1.165, 1.54) is 0 Å². The molecule has 0 aliphatic carbocycles. The number of hydrogen-bond donors (Lipinski definition) is 2. The molecule has 2 aliphatic rings. The molecule has 3 aromatic rings. The van der Waals surface area contributed by atoms with E-state index in [-0.39, 0.29) is 0 Å². The Hall–Kier alpha value is -3.40. The van der Waals surface area contributed by atoms with Crippen molar-refractivity contribution < 1.29 is 0 Å². The Morgan fingerprint density at radius 3 is 1.46 bits per heavy atom. The van der Waals surface area contributed by atoms with E-state index in [0.29, 0.717) is 0 Å².